The molecule has 1 amide bonds. The maximum atomic E-state index is 11.9. The number of carbonyl (C=O) groups is 1. The van der Waals surface area contributed by atoms with Crippen LogP contribution in [0.2, 0.25) is 0 Å². The van der Waals surface area contributed by atoms with Crippen molar-refractivity contribution in [2.45, 2.75) is 20.4 Å². The number of aromatic nitrogens is 1. The van der Waals surface area contributed by atoms with Crippen molar-refractivity contribution >= 4 is 33.2 Å². The number of hydrogen-bond acceptors (Lipinski definition) is 4. The first-order valence-electron chi connectivity index (χ1n) is 5.03. The van der Waals surface area contributed by atoms with Crippen molar-refractivity contribution in [3.8, 4) is 0 Å². The van der Waals surface area contributed by atoms with Crippen molar-refractivity contribution in [3.63, 3.8) is 0 Å². The Kier molecular flexibility index (Phi) is 3.63. The van der Waals surface area contributed by atoms with Crippen LogP contribution < -0.4 is 5.32 Å². The Morgan fingerprint density at radius 2 is 2.29 bits per heavy atom. The van der Waals surface area contributed by atoms with E-state index in [0.717, 1.165) is 8.66 Å². The molecular weight excluding hydrogens is 304 g/mol. The highest BCUT2D eigenvalue weighted by molar-refractivity contribution is 9.11. The molecule has 2 aromatic heterocycles. The molecule has 0 bridgehead atoms. The lowest BCUT2D eigenvalue weighted by Gasteiger charge is -2.02. The molecule has 0 radical (unpaired) electrons. The second-order valence-corrected chi connectivity index (χ2v) is 6.14. The normalized spacial score (nSPS) is 10.5. The predicted molar refractivity (Wildman–Crippen MR) is 69.2 cm³/mol. The Labute approximate surface area is 111 Å². The van der Waals surface area contributed by atoms with Crippen molar-refractivity contribution in [1.82, 2.24) is 10.5 Å². The van der Waals surface area contributed by atoms with Crippen LogP contribution in [0.3, 0.4) is 0 Å². The molecule has 0 spiro atoms. The molecule has 6 heteroatoms. The van der Waals surface area contributed by atoms with Crippen LogP contribution >= 0.6 is 27.3 Å². The summed E-state index contributed by atoms with van der Waals surface area (Å²) in [6, 6.07) is 3.93. The molecule has 2 rings (SSSR count). The molecule has 2 heterocycles. The van der Waals surface area contributed by atoms with Crippen LogP contribution in [0.5, 0.6) is 0 Å². The lowest BCUT2D eigenvalue weighted by molar-refractivity contribution is 0.0949. The molecular formula is C11H11BrN2O2S. The minimum absolute atomic E-state index is 0.147. The molecule has 2 aromatic rings. The van der Waals surface area contributed by atoms with Crippen LogP contribution in [0, 0.1) is 13.8 Å². The third kappa shape index (κ3) is 2.76. The monoisotopic (exact) mass is 314 g/mol. The van der Waals surface area contributed by atoms with E-state index in [0.29, 0.717) is 23.6 Å². The highest BCUT2D eigenvalue weighted by Gasteiger charge is 2.16. The maximum absolute atomic E-state index is 11.9. The number of amides is 1. The first kappa shape index (κ1) is 12.3. The Bertz CT molecular complexity index is 528. The Balaban J connectivity index is 2.03. The molecule has 0 fully saturated rings. The molecule has 0 aromatic carbocycles. The molecule has 17 heavy (non-hydrogen) atoms. The first-order valence-corrected chi connectivity index (χ1v) is 6.64. The van der Waals surface area contributed by atoms with Crippen LogP contribution in [0.15, 0.2) is 20.4 Å². The summed E-state index contributed by atoms with van der Waals surface area (Å²) in [4.78, 5) is 13.0. The predicted octanol–water partition coefficient (Wildman–Crippen LogP) is 3.05. The number of nitrogens with zero attached hydrogens (tertiary/aromatic N) is 1. The van der Waals surface area contributed by atoms with Gasteiger partial charge in [-0.05, 0) is 41.9 Å². The minimum atomic E-state index is -0.147. The SMILES string of the molecule is Cc1noc(C)c1C(=O)NCc1ccc(Br)s1. The van der Waals surface area contributed by atoms with Gasteiger partial charge < -0.3 is 9.84 Å². The number of aryl methyl sites for hydroxylation is 2. The zero-order valence-corrected chi connectivity index (χ0v) is 11.8. The van der Waals surface area contributed by atoms with Gasteiger partial charge >= 0.3 is 0 Å². The van der Waals surface area contributed by atoms with Gasteiger partial charge in [0, 0.05) is 4.88 Å². The summed E-state index contributed by atoms with van der Waals surface area (Å²) >= 11 is 4.98. The zero-order chi connectivity index (χ0) is 12.4. The molecule has 0 aliphatic heterocycles. The number of halogens is 1. The van der Waals surface area contributed by atoms with E-state index in [1.54, 1.807) is 25.2 Å². The molecule has 0 aliphatic rings. The number of carbonyl (C=O) groups excluding carboxylic acids is 1. The molecule has 0 saturated heterocycles. The molecule has 90 valence electrons. The van der Waals surface area contributed by atoms with Gasteiger partial charge in [-0.1, -0.05) is 5.16 Å². The molecule has 0 unspecified atom stereocenters. The maximum Gasteiger partial charge on any atom is 0.257 e. The lowest BCUT2D eigenvalue weighted by atomic mass is 10.2. The average Bonchev–Trinajstić information content (AvgIpc) is 2.83. The van der Waals surface area contributed by atoms with Crippen LogP contribution in [0.25, 0.3) is 0 Å². The van der Waals surface area contributed by atoms with Gasteiger partial charge in [0.25, 0.3) is 5.91 Å². The summed E-state index contributed by atoms with van der Waals surface area (Å²) in [6.45, 7) is 4.00. The van der Waals surface area contributed by atoms with Crippen molar-refractivity contribution in [1.29, 1.82) is 0 Å². The van der Waals surface area contributed by atoms with Crippen LogP contribution in [0.1, 0.15) is 26.7 Å². The van der Waals surface area contributed by atoms with E-state index in [-0.39, 0.29) is 5.91 Å². The number of rotatable bonds is 3. The highest BCUT2D eigenvalue weighted by Crippen LogP contribution is 2.22. The van der Waals surface area contributed by atoms with Gasteiger partial charge in [-0.15, -0.1) is 11.3 Å². The summed E-state index contributed by atoms with van der Waals surface area (Å²) in [5.41, 5.74) is 1.15. The number of thiophene rings is 1. The molecule has 0 saturated carbocycles. The second-order valence-electron chi connectivity index (χ2n) is 3.59. The van der Waals surface area contributed by atoms with E-state index >= 15 is 0 Å². The topological polar surface area (TPSA) is 55.1 Å². The average molecular weight is 315 g/mol. The van der Waals surface area contributed by atoms with E-state index < -0.39 is 0 Å². The molecule has 0 atom stereocenters. The van der Waals surface area contributed by atoms with Crippen molar-refractivity contribution in [2.75, 3.05) is 0 Å². The van der Waals surface area contributed by atoms with Gasteiger partial charge in [-0.3, -0.25) is 4.79 Å². The fourth-order valence-corrected chi connectivity index (χ4v) is 2.93. The van der Waals surface area contributed by atoms with Gasteiger partial charge in [0.05, 0.1) is 16.0 Å². The third-order valence-corrected chi connectivity index (χ3v) is 3.94. The van der Waals surface area contributed by atoms with Gasteiger partial charge in [0.1, 0.15) is 11.3 Å². The van der Waals surface area contributed by atoms with Crippen LogP contribution in [-0.2, 0) is 6.54 Å². The van der Waals surface area contributed by atoms with Gasteiger partial charge in [0.15, 0.2) is 0 Å². The fraction of sp³-hybridized carbons (Fsp3) is 0.273. The summed E-state index contributed by atoms with van der Waals surface area (Å²) in [6.07, 6.45) is 0. The first-order chi connectivity index (χ1) is 8.08. The van der Waals surface area contributed by atoms with Gasteiger partial charge in [-0.2, -0.15) is 0 Å². The van der Waals surface area contributed by atoms with Crippen LogP contribution in [0.4, 0.5) is 0 Å². The molecule has 1 N–H and O–H groups in total. The van der Waals surface area contributed by atoms with Crippen molar-refractivity contribution in [3.05, 3.63) is 37.8 Å². The summed E-state index contributed by atoms with van der Waals surface area (Å²) in [7, 11) is 0. The summed E-state index contributed by atoms with van der Waals surface area (Å²) < 4.78 is 6.01. The number of nitrogens with one attached hydrogen (secondary N) is 1. The van der Waals surface area contributed by atoms with Gasteiger partial charge in [-0.25, -0.2) is 0 Å². The Morgan fingerprint density at radius 1 is 1.53 bits per heavy atom. The van der Waals surface area contributed by atoms with E-state index in [1.807, 2.05) is 12.1 Å². The van der Waals surface area contributed by atoms with E-state index in [4.69, 9.17) is 4.52 Å². The number of hydrogen-bond donors (Lipinski definition) is 1. The lowest BCUT2D eigenvalue weighted by Crippen LogP contribution is -2.23. The quantitative estimate of drug-likeness (QED) is 0.947. The molecule has 4 nitrogen and oxygen atoms in total. The van der Waals surface area contributed by atoms with E-state index in [2.05, 4.69) is 26.4 Å². The summed E-state index contributed by atoms with van der Waals surface area (Å²) in [5.74, 6) is 0.401. The standard InChI is InChI=1S/C11H11BrN2O2S/c1-6-10(7(2)16-14-6)11(15)13-5-8-3-4-9(12)17-8/h3-4H,5H2,1-2H3,(H,13,15). The summed E-state index contributed by atoms with van der Waals surface area (Å²) in [5, 5.41) is 6.60. The zero-order valence-electron chi connectivity index (χ0n) is 9.41. The van der Waals surface area contributed by atoms with E-state index in [9.17, 15) is 4.79 Å². The third-order valence-electron chi connectivity index (χ3n) is 2.31. The fourth-order valence-electron chi connectivity index (χ4n) is 1.51. The van der Waals surface area contributed by atoms with Crippen molar-refractivity contribution < 1.29 is 9.32 Å². The highest BCUT2D eigenvalue weighted by atomic mass is 79.9. The van der Waals surface area contributed by atoms with E-state index in [1.165, 1.54) is 0 Å². The Morgan fingerprint density at radius 3 is 2.82 bits per heavy atom. The largest absolute Gasteiger partial charge is 0.361 e. The second kappa shape index (κ2) is 5.01. The Hall–Kier alpha value is -1.14. The molecule has 0 aliphatic carbocycles. The van der Waals surface area contributed by atoms with Crippen LogP contribution in [-0.4, -0.2) is 11.1 Å². The minimum Gasteiger partial charge on any atom is -0.361 e. The smallest absolute Gasteiger partial charge is 0.257 e. The van der Waals surface area contributed by atoms with Gasteiger partial charge in [0.2, 0.25) is 0 Å². The van der Waals surface area contributed by atoms with Crippen molar-refractivity contribution in [2.24, 2.45) is 0 Å².